The Labute approximate surface area is 173 Å². The molecule has 1 atom stereocenters. The third kappa shape index (κ3) is 4.80. The number of rotatable bonds is 8. The van der Waals surface area contributed by atoms with Crippen LogP contribution in [0.15, 0.2) is 48.7 Å². The predicted octanol–water partition coefficient (Wildman–Crippen LogP) is 4.07. The van der Waals surface area contributed by atoms with Gasteiger partial charge in [-0.3, -0.25) is 9.59 Å². The fourth-order valence-electron chi connectivity index (χ4n) is 3.45. The maximum absolute atomic E-state index is 13.4. The lowest BCUT2D eigenvalue weighted by Gasteiger charge is -2.17. The number of ketones is 1. The first-order valence-electron chi connectivity index (χ1n) is 9.63. The number of benzene rings is 1. The number of halogens is 1. The first-order valence-corrected chi connectivity index (χ1v) is 9.63. The Hall–Kier alpha value is -3.32. The molecule has 0 saturated heterocycles. The quantitative estimate of drug-likeness (QED) is 0.546. The number of aromatic nitrogens is 2. The number of Topliss-reactive ketones (excluding diaryl/α,β-unsaturated/α-hetero) is 1. The van der Waals surface area contributed by atoms with Gasteiger partial charge in [0.2, 0.25) is 0 Å². The van der Waals surface area contributed by atoms with Crippen LogP contribution >= 0.6 is 0 Å². The first-order chi connectivity index (χ1) is 14.3. The number of carboxylic acids is 1. The molecule has 0 radical (unpaired) electrons. The van der Waals surface area contributed by atoms with Crippen molar-refractivity contribution in [1.82, 2.24) is 9.61 Å². The average molecular weight is 410 g/mol. The van der Waals surface area contributed by atoms with Gasteiger partial charge in [0.25, 0.3) is 0 Å². The summed E-state index contributed by atoms with van der Waals surface area (Å²) in [6, 6.07) is 9.83. The third-order valence-electron chi connectivity index (χ3n) is 4.72. The number of aliphatic hydroxyl groups excluding tert-OH is 1. The molecule has 2 heterocycles. The Bertz CT molecular complexity index is 1100. The zero-order valence-electron chi connectivity index (χ0n) is 16.7. The van der Waals surface area contributed by atoms with Gasteiger partial charge >= 0.3 is 5.97 Å². The summed E-state index contributed by atoms with van der Waals surface area (Å²) in [6.45, 7) is 4.09. The van der Waals surface area contributed by atoms with Crippen molar-refractivity contribution in [3.05, 3.63) is 65.6 Å². The molecule has 6 nitrogen and oxygen atoms in total. The third-order valence-corrected chi connectivity index (χ3v) is 4.72. The molecule has 3 rings (SSSR count). The van der Waals surface area contributed by atoms with Crippen LogP contribution in [0.1, 0.15) is 43.7 Å². The number of carboxylic acid groups (broad SMARTS) is 1. The van der Waals surface area contributed by atoms with E-state index in [1.54, 1.807) is 22.7 Å². The monoisotopic (exact) mass is 410 g/mol. The molecule has 0 fully saturated rings. The van der Waals surface area contributed by atoms with Crippen molar-refractivity contribution in [2.75, 3.05) is 0 Å². The lowest BCUT2D eigenvalue weighted by atomic mass is 9.93. The SMILES string of the molecule is CC(C)c1c(C=CC(O)CC(=O)CC(=O)O)c(-c2ccc(F)cc2)nn2cccc12. The number of aliphatic hydroxyl groups is 1. The van der Waals surface area contributed by atoms with Gasteiger partial charge in [0.1, 0.15) is 18.0 Å². The van der Waals surface area contributed by atoms with Crippen LogP contribution in [0, 0.1) is 5.82 Å². The van der Waals surface area contributed by atoms with Crippen molar-refractivity contribution in [3.8, 4) is 11.3 Å². The second-order valence-corrected chi connectivity index (χ2v) is 7.42. The largest absolute Gasteiger partial charge is 0.481 e. The fourth-order valence-corrected chi connectivity index (χ4v) is 3.45. The minimum atomic E-state index is -1.22. The van der Waals surface area contributed by atoms with Gasteiger partial charge in [-0.25, -0.2) is 8.91 Å². The summed E-state index contributed by atoms with van der Waals surface area (Å²) in [5.41, 5.74) is 3.99. The minimum absolute atomic E-state index is 0.120. The normalized spacial score (nSPS) is 12.7. The zero-order valence-corrected chi connectivity index (χ0v) is 16.7. The highest BCUT2D eigenvalue weighted by atomic mass is 19.1. The summed E-state index contributed by atoms with van der Waals surface area (Å²) in [5, 5.41) is 23.6. The Morgan fingerprint density at radius 2 is 1.90 bits per heavy atom. The summed E-state index contributed by atoms with van der Waals surface area (Å²) in [6.07, 6.45) is 2.97. The van der Waals surface area contributed by atoms with Gasteiger partial charge in [0.05, 0.1) is 17.3 Å². The maximum Gasteiger partial charge on any atom is 0.310 e. The average Bonchev–Trinajstić information content (AvgIpc) is 3.13. The number of aliphatic carboxylic acids is 1. The molecule has 0 spiro atoms. The van der Waals surface area contributed by atoms with E-state index in [9.17, 15) is 19.1 Å². The van der Waals surface area contributed by atoms with E-state index in [0.717, 1.165) is 16.6 Å². The zero-order chi connectivity index (χ0) is 21.8. The maximum atomic E-state index is 13.4. The summed E-state index contributed by atoms with van der Waals surface area (Å²) >= 11 is 0. The van der Waals surface area contributed by atoms with Crippen LogP contribution in [-0.4, -0.2) is 37.7 Å². The number of carbonyl (C=O) groups excluding carboxylic acids is 1. The topological polar surface area (TPSA) is 91.9 Å². The molecule has 30 heavy (non-hydrogen) atoms. The van der Waals surface area contributed by atoms with E-state index in [-0.39, 0.29) is 18.2 Å². The van der Waals surface area contributed by atoms with E-state index in [0.29, 0.717) is 11.3 Å². The van der Waals surface area contributed by atoms with Crippen molar-refractivity contribution < 1.29 is 24.2 Å². The van der Waals surface area contributed by atoms with Crippen LogP contribution in [0.2, 0.25) is 0 Å². The predicted molar refractivity (Wildman–Crippen MR) is 112 cm³/mol. The molecule has 0 saturated carbocycles. The molecular weight excluding hydrogens is 387 g/mol. The minimum Gasteiger partial charge on any atom is -0.481 e. The van der Waals surface area contributed by atoms with Crippen LogP contribution in [0.5, 0.6) is 0 Å². The first kappa shape index (κ1) is 21.4. The van der Waals surface area contributed by atoms with Gasteiger partial charge in [-0.05, 0) is 47.9 Å². The standard InChI is InChI=1S/C23H23FN2O4/c1-14(2)22-19(10-9-17(27)12-18(28)13-21(29)30)23(15-5-7-16(24)8-6-15)25-26-11-3-4-20(22)26/h3-11,14,17,27H,12-13H2,1-2H3,(H,29,30). The van der Waals surface area contributed by atoms with Crippen LogP contribution < -0.4 is 0 Å². The molecule has 1 aromatic carbocycles. The number of nitrogens with zero attached hydrogens (tertiary/aromatic N) is 2. The molecule has 0 aliphatic carbocycles. The van der Waals surface area contributed by atoms with Gasteiger partial charge in [0.15, 0.2) is 0 Å². The van der Waals surface area contributed by atoms with E-state index in [4.69, 9.17) is 5.11 Å². The van der Waals surface area contributed by atoms with Crippen molar-refractivity contribution >= 4 is 23.3 Å². The summed E-state index contributed by atoms with van der Waals surface area (Å²) in [4.78, 5) is 22.3. The van der Waals surface area contributed by atoms with Crippen molar-refractivity contribution in [3.63, 3.8) is 0 Å². The molecule has 2 N–H and O–H groups in total. The molecule has 0 bridgehead atoms. The van der Waals surface area contributed by atoms with Gasteiger partial charge in [-0.1, -0.05) is 26.0 Å². The number of hydrogen-bond acceptors (Lipinski definition) is 4. The van der Waals surface area contributed by atoms with Gasteiger partial charge < -0.3 is 10.2 Å². The molecule has 2 aromatic heterocycles. The molecule has 0 aliphatic heterocycles. The Morgan fingerprint density at radius 3 is 2.53 bits per heavy atom. The van der Waals surface area contributed by atoms with Gasteiger partial charge in [-0.2, -0.15) is 5.10 Å². The van der Waals surface area contributed by atoms with Crippen LogP contribution in [0.4, 0.5) is 4.39 Å². The van der Waals surface area contributed by atoms with Crippen LogP contribution in [0.3, 0.4) is 0 Å². The summed E-state index contributed by atoms with van der Waals surface area (Å²) in [7, 11) is 0. The van der Waals surface area contributed by atoms with Gasteiger partial charge in [0, 0.05) is 23.7 Å². The van der Waals surface area contributed by atoms with Crippen LogP contribution in [0.25, 0.3) is 22.9 Å². The van der Waals surface area contributed by atoms with E-state index < -0.39 is 24.3 Å². The number of carbonyl (C=O) groups is 2. The molecule has 1 unspecified atom stereocenters. The van der Waals surface area contributed by atoms with E-state index in [1.165, 1.54) is 18.2 Å². The van der Waals surface area contributed by atoms with Gasteiger partial charge in [-0.15, -0.1) is 0 Å². The fraction of sp³-hybridized carbons (Fsp3) is 0.261. The van der Waals surface area contributed by atoms with E-state index in [1.807, 2.05) is 32.2 Å². The molecule has 0 amide bonds. The molecular formula is C23H23FN2O4. The second kappa shape index (κ2) is 9.00. The highest BCUT2D eigenvalue weighted by molar-refractivity contribution is 5.95. The molecule has 0 aliphatic rings. The highest BCUT2D eigenvalue weighted by Crippen LogP contribution is 2.33. The van der Waals surface area contributed by atoms with Crippen molar-refractivity contribution in [1.29, 1.82) is 0 Å². The molecule has 3 aromatic rings. The Morgan fingerprint density at radius 1 is 1.20 bits per heavy atom. The van der Waals surface area contributed by atoms with E-state index >= 15 is 0 Å². The number of hydrogen-bond donors (Lipinski definition) is 2. The Kier molecular flexibility index (Phi) is 6.42. The second-order valence-electron chi connectivity index (χ2n) is 7.42. The van der Waals surface area contributed by atoms with Crippen molar-refractivity contribution in [2.24, 2.45) is 0 Å². The lowest BCUT2D eigenvalue weighted by molar-refractivity contribution is -0.140. The lowest BCUT2D eigenvalue weighted by Crippen LogP contribution is -2.14. The number of fused-ring (bicyclic) bond motifs is 1. The van der Waals surface area contributed by atoms with E-state index in [2.05, 4.69) is 5.10 Å². The van der Waals surface area contributed by atoms with Crippen LogP contribution in [-0.2, 0) is 9.59 Å². The Balaban J connectivity index is 2.07. The smallest absolute Gasteiger partial charge is 0.310 e. The summed E-state index contributed by atoms with van der Waals surface area (Å²) in [5.74, 6) is -2.01. The highest BCUT2D eigenvalue weighted by Gasteiger charge is 2.18. The molecule has 156 valence electrons. The van der Waals surface area contributed by atoms with Crippen molar-refractivity contribution in [2.45, 2.75) is 38.7 Å². The molecule has 7 heteroatoms. The summed E-state index contributed by atoms with van der Waals surface area (Å²) < 4.78 is 15.2.